The first-order chi connectivity index (χ1) is 10.8. The molecular weight excluding hydrogens is 296 g/mol. The van der Waals surface area contributed by atoms with Gasteiger partial charge in [0.1, 0.15) is 5.01 Å². The lowest BCUT2D eigenvalue weighted by molar-refractivity contribution is 0.0574. The van der Waals surface area contributed by atoms with Gasteiger partial charge in [0.05, 0.1) is 0 Å². The molecule has 1 atom stereocenters. The maximum Gasteiger partial charge on any atom is 0.254 e. The molecule has 0 aliphatic carbocycles. The van der Waals surface area contributed by atoms with Crippen LogP contribution < -0.4 is 0 Å². The molecule has 0 spiro atoms. The smallest absolute Gasteiger partial charge is 0.254 e. The van der Waals surface area contributed by atoms with Crippen molar-refractivity contribution in [2.24, 2.45) is 0 Å². The van der Waals surface area contributed by atoms with Gasteiger partial charge in [-0.2, -0.15) is 0 Å². The van der Waals surface area contributed by atoms with E-state index in [0.29, 0.717) is 12.0 Å². The van der Waals surface area contributed by atoms with E-state index in [-0.39, 0.29) is 18.6 Å². The van der Waals surface area contributed by atoms with Crippen LogP contribution in [0.15, 0.2) is 35.8 Å². The summed E-state index contributed by atoms with van der Waals surface area (Å²) in [7, 11) is 0. The van der Waals surface area contributed by atoms with Crippen LogP contribution in [-0.2, 0) is 0 Å². The minimum absolute atomic E-state index is 0.0663. The average molecular weight is 316 g/mol. The molecular formula is C17H20N2O2S. The Kier molecular flexibility index (Phi) is 4.85. The lowest BCUT2D eigenvalue weighted by atomic mass is 9.98. The zero-order valence-electron chi connectivity index (χ0n) is 12.4. The molecule has 1 aliphatic heterocycles. The predicted octanol–water partition coefficient (Wildman–Crippen LogP) is 3.19. The molecule has 1 amide bonds. The van der Waals surface area contributed by atoms with E-state index < -0.39 is 0 Å². The van der Waals surface area contributed by atoms with Gasteiger partial charge >= 0.3 is 0 Å². The fourth-order valence-corrected chi connectivity index (χ4v) is 3.67. The van der Waals surface area contributed by atoms with Crippen molar-refractivity contribution in [1.29, 1.82) is 0 Å². The van der Waals surface area contributed by atoms with Crippen molar-refractivity contribution >= 4 is 17.2 Å². The summed E-state index contributed by atoms with van der Waals surface area (Å²) in [6.45, 7) is 0.915. The lowest BCUT2D eigenvalue weighted by Crippen LogP contribution is -2.44. The Bertz CT molecular complexity index is 625. The maximum absolute atomic E-state index is 12.8. The Balaban J connectivity index is 1.83. The quantitative estimate of drug-likeness (QED) is 0.942. The fourth-order valence-electron chi connectivity index (χ4n) is 3.03. The third-order valence-electron chi connectivity index (χ3n) is 4.14. The molecule has 2 aromatic rings. The summed E-state index contributed by atoms with van der Waals surface area (Å²) in [5, 5.41) is 12.1. The Hall–Kier alpha value is -1.72. The topological polar surface area (TPSA) is 53.4 Å². The van der Waals surface area contributed by atoms with E-state index in [9.17, 15) is 9.90 Å². The molecule has 0 bridgehead atoms. The van der Waals surface area contributed by atoms with Crippen LogP contribution in [0.4, 0.5) is 0 Å². The molecule has 3 rings (SSSR count). The zero-order chi connectivity index (χ0) is 15.4. The van der Waals surface area contributed by atoms with E-state index in [0.717, 1.165) is 36.4 Å². The minimum atomic E-state index is 0.0663. The Morgan fingerprint density at radius 1 is 1.41 bits per heavy atom. The van der Waals surface area contributed by atoms with Crippen molar-refractivity contribution in [3.63, 3.8) is 0 Å². The van der Waals surface area contributed by atoms with Crippen LogP contribution in [0.2, 0.25) is 0 Å². The molecule has 4 nitrogen and oxygen atoms in total. The molecule has 1 saturated heterocycles. The second-order valence-electron chi connectivity index (χ2n) is 5.58. The molecule has 1 aromatic carbocycles. The van der Waals surface area contributed by atoms with Crippen molar-refractivity contribution in [2.45, 2.75) is 31.7 Å². The molecule has 5 heteroatoms. The third kappa shape index (κ3) is 3.20. The summed E-state index contributed by atoms with van der Waals surface area (Å²) < 4.78 is 0. The van der Waals surface area contributed by atoms with Gasteiger partial charge in [0, 0.05) is 41.9 Å². The number of amides is 1. The number of carbonyl (C=O) groups excluding carboxylic acids is 1. The standard InChI is InChI=1S/C17H20N2O2S/c20-10-7-15-6-1-2-9-19(15)17(21)14-5-3-4-13(12-14)16-18-8-11-22-16/h3-5,8,11-12,15,20H,1-2,6-7,9-10H2/t15-/m0/s1. The molecule has 0 unspecified atom stereocenters. The minimum Gasteiger partial charge on any atom is -0.396 e. The first-order valence-electron chi connectivity index (χ1n) is 7.71. The first-order valence-corrected chi connectivity index (χ1v) is 8.59. The predicted molar refractivity (Wildman–Crippen MR) is 87.9 cm³/mol. The maximum atomic E-state index is 12.8. The molecule has 1 N–H and O–H groups in total. The van der Waals surface area contributed by atoms with Crippen LogP contribution in [-0.4, -0.2) is 40.1 Å². The number of aliphatic hydroxyl groups is 1. The SMILES string of the molecule is O=C(c1cccc(-c2nccs2)c1)N1CCCC[C@H]1CCO. The van der Waals surface area contributed by atoms with Crippen molar-refractivity contribution in [1.82, 2.24) is 9.88 Å². The lowest BCUT2D eigenvalue weighted by Gasteiger charge is -2.35. The van der Waals surface area contributed by atoms with Crippen molar-refractivity contribution in [3.8, 4) is 10.6 Å². The van der Waals surface area contributed by atoms with E-state index in [4.69, 9.17) is 0 Å². The molecule has 1 aromatic heterocycles. The number of piperidine rings is 1. The Labute approximate surface area is 134 Å². The highest BCUT2D eigenvalue weighted by molar-refractivity contribution is 7.13. The average Bonchev–Trinajstić information content (AvgIpc) is 3.10. The van der Waals surface area contributed by atoms with Gasteiger partial charge in [0.15, 0.2) is 0 Å². The number of carbonyl (C=O) groups is 1. The highest BCUT2D eigenvalue weighted by Gasteiger charge is 2.27. The van der Waals surface area contributed by atoms with Crippen LogP contribution >= 0.6 is 11.3 Å². The summed E-state index contributed by atoms with van der Waals surface area (Å²) in [5.74, 6) is 0.0663. The highest BCUT2D eigenvalue weighted by Crippen LogP contribution is 2.25. The number of hydrogen-bond acceptors (Lipinski definition) is 4. The van der Waals surface area contributed by atoms with E-state index in [2.05, 4.69) is 4.98 Å². The molecule has 1 aliphatic rings. The van der Waals surface area contributed by atoms with Crippen LogP contribution in [0.3, 0.4) is 0 Å². The molecule has 116 valence electrons. The summed E-state index contributed by atoms with van der Waals surface area (Å²) in [4.78, 5) is 19.1. The molecule has 2 heterocycles. The highest BCUT2D eigenvalue weighted by atomic mass is 32.1. The molecule has 1 fully saturated rings. The summed E-state index contributed by atoms with van der Waals surface area (Å²) in [6, 6.07) is 7.84. The van der Waals surface area contributed by atoms with E-state index >= 15 is 0 Å². The summed E-state index contributed by atoms with van der Waals surface area (Å²) in [5.41, 5.74) is 1.69. The number of aromatic nitrogens is 1. The Morgan fingerprint density at radius 3 is 3.09 bits per heavy atom. The third-order valence-corrected chi connectivity index (χ3v) is 4.96. The van der Waals surface area contributed by atoms with Gasteiger partial charge in [0.2, 0.25) is 0 Å². The van der Waals surface area contributed by atoms with Crippen molar-refractivity contribution in [2.75, 3.05) is 13.2 Å². The van der Waals surface area contributed by atoms with Gasteiger partial charge in [-0.25, -0.2) is 4.98 Å². The number of thiazole rings is 1. The number of aliphatic hydroxyl groups excluding tert-OH is 1. The number of nitrogens with zero attached hydrogens (tertiary/aromatic N) is 2. The number of hydrogen-bond donors (Lipinski definition) is 1. The van der Waals surface area contributed by atoms with E-state index in [1.54, 1.807) is 17.5 Å². The van der Waals surface area contributed by atoms with Gasteiger partial charge in [0.25, 0.3) is 5.91 Å². The zero-order valence-corrected chi connectivity index (χ0v) is 13.3. The second-order valence-corrected chi connectivity index (χ2v) is 6.47. The normalized spacial score (nSPS) is 18.4. The van der Waals surface area contributed by atoms with E-state index in [1.165, 1.54) is 0 Å². The van der Waals surface area contributed by atoms with Gasteiger partial charge in [-0.15, -0.1) is 11.3 Å². The summed E-state index contributed by atoms with van der Waals surface area (Å²) in [6.07, 6.45) is 5.60. The van der Waals surface area contributed by atoms with Crippen LogP contribution in [0.25, 0.3) is 10.6 Å². The monoisotopic (exact) mass is 316 g/mol. The summed E-state index contributed by atoms with van der Waals surface area (Å²) >= 11 is 1.57. The first kappa shape index (κ1) is 15.2. The van der Waals surface area contributed by atoms with Crippen LogP contribution in [0, 0.1) is 0 Å². The number of rotatable bonds is 4. The van der Waals surface area contributed by atoms with Crippen LogP contribution in [0.5, 0.6) is 0 Å². The second kappa shape index (κ2) is 7.03. The largest absolute Gasteiger partial charge is 0.396 e. The molecule has 0 radical (unpaired) electrons. The number of likely N-dealkylation sites (tertiary alicyclic amines) is 1. The van der Waals surface area contributed by atoms with Gasteiger partial charge in [-0.1, -0.05) is 12.1 Å². The van der Waals surface area contributed by atoms with Gasteiger partial charge in [-0.05, 0) is 37.8 Å². The molecule has 0 saturated carbocycles. The number of benzene rings is 1. The van der Waals surface area contributed by atoms with Crippen molar-refractivity contribution < 1.29 is 9.90 Å². The van der Waals surface area contributed by atoms with E-state index in [1.807, 2.05) is 34.5 Å². The van der Waals surface area contributed by atoms with Gasteiger partial charge in [-0.3, -0.25) is 4.79 Å². The van der Waals surface area contributed by atoms with Crippen LogP contribution in [0.1, 0.15) is 36.0 Å². The van der Waals surface area contributed by atoms with Gasteiger partial charge < -0.3 is 10.0 Å². The molecule has 22 heavy (non-hydrogen) atoms. The van der Waals surface area contributed by atoms with Crippen molar-refractivity contribution in [3.05, 3.63) is 41.4 Å². The Morgan fingerprint density at radius 2 is 2.32 bits per heavy atom. The fraction of sp³-hybridized carbons (Fsp3) is 0.412.